The van der Waals surface area contributed by atoms with Crippen LogP contribution in [0.4, 0.5) is 17.1 Å². The van der Waals surface area contributed by atoms with E-state index >= 15 is 0 Å². The van der Waals surface area contributed by atoms with Crippen LogP contribution >= 0.6 is 0 Å². The number of benzene rings is 10. The highest BCUT2D eigenvalue weighted by atomic mass is 15.1. The molecular weight excluding hydrogens is 711 g/mol. The summed E-state index contributed by atoms with van der Waals surface area (Å²) < 4.78 is 0. The Morgan fingerprint density at radius 1 is 0.339 bits per heavy atom. The maximum absolute atomic E-state index is 2.48. The number of anilines is 3. The highest BCUT2D eigenvalue weighted by Crippen LogP contribution is 2.47. The van der Waals surface area contributed by atoms with E-state index in [4.69, 9.17) is 0 Å². The van der Waals surface area contributed by atoms with Crippen molar-refractivity contribution in [2.45, 2.75) is 38.0 Å². The smallest absolute Gasteiger partial charge is 0.0540 e. The normalized spacial score (nSPS) is 13.4. The molecule has 0 heterocycles. The molecule has 0 aliphatic heterocycles. The molecule has 1 saturated carbocycles. The number of rotatable bonds is 7. The van der Waals surface area contributed by atoms with Crippen molar-refractivity contribution in [1.82, 2.24) is 0 Å². The lowest BCUT2D eigenvalue weighted by atomic mass is 9.80. The third-order valence-corrected chi connectivity index (χ3v) is 12.8. The van der Waals surface area contributed by atoms with E-state index in [1.165, 1.54) is 114 Å². The van der Waals surface area contributed by atoms with Gasteiger partial charge in [-0.15, -0.1) is 0 Å². The van der Waals surface area contributed by atoms with Crippen LogP contribution in [0.2, 0.25) is 0 Å². The SMILES string of the molecule is c1cc(-c2cccc3c2ccc2ccccc23)cc(N(c2ccc(-c3ccc4ccccc4c3)cc2)c2ccccc2-c2cccc3cccc(C4CCCCC4)c23)c1. The molecule has 1 nitrogen and oxygen atoms in total. The lowest BCUT2D eigenvalue weighted by Crippen LogP contribution is -2.11. The van der Waals surface area contributed by atoms with Crippen molar-refractivity contribution in [2.24, 2.45) is 0 Å². The molecule has 10 aromatic carbocycles. The predicted molar refractivity (Wildman–Crippen MR) is 253 cm³/mol. The second-order valence-electron chi connectivity index (χ2n) is 16.3. The van der Waals surface area contributed by atoms with E-state index in [-0.39, 0.29) is 0 Å². The first kappa shape index (κ1) is 35.2. The fourth-order valence-electron chi connectivity index (χ4n) is 9.95. The molecule has 0 amide bonds. The summed E-state index contributed by atoms with van der Waals surface area (Å²) >= 11 is 0. The van der Waals surface area contributed by atoms with E-state index in [9.17, 15) is 0 Å². The Morgan fingerprint density at radius 2 is 0.983 bits per heavy atom. The fourth-order valence-corrected chi connectivity index (χ4v) is 9.95. The quantitative estimate of drug-likeness (QED) is 0.146. The Labute approximate surface area is 346 Å². The monoisotopic (exact) mass is 755 g/mol. The standard InChI is InChI=1S/C58H45N/c1-2-15-42(16-3-1)52-26-11-19-44-20-12-28-56(58(44)52)55-24-8-9-29-57(55)59(48-35-32-41(33-36-48)46-31-30-40-14-4-5-18-45(40)38-46)49-22-10-21-47(39-49)51-25-13-27-53-50-23-7-6-17-43(50)34-37-54(51)53/h4-14,17-39,42H,1-3,15-16H2. The zero-order chi connectivity index (χ0) is 39.1. The third-order valence-electron chi connectivity index (χ3n) is 12.8. The second kappa shape index (κ2) is 15.1. The van der Waals surface area contributed by atoms with Crippen molar-refractivity contribution in [2.75, 3.05) is 4.90 Å². The Morgan fingerprint density at radius 3 is 1.86 bits per heavy atom. The molecule has 0 spiro atoms. The summed E-state index contributed by atoms with van der Waals surface area (Å²) in [5.41, 5.74) is 12.3. The average molecular weight is 756 g/mol. The summed E-state index contributed by atoms with van der Waals surface area (Å²) in [6, 6.07) is 76.6. The lowest BCUT2D eigenvalue weighted by Gasteiger charge is -2.29. The minimum Gasteiger partial charge on any atom is -0.310 e. The van der Waals surface area contributed by atoms with Crippen molar-refractivity contribution in [3.63, 3.8) is 0 Å². The highest BCUT2D eigenvalue weighted by molar-refractivity contribution is 6.12. The lowest BCUT2D eigenvalue weighted by molar-refractivity contribution is 0.445. The molecule has 0 N–H and O–H groups in total. The van der Waals surface area contributed by atoms with Gasteiger partial charge in [-0.2, -0.15) is 0 Å². The minimum atomic E-state index is 0.592. The molecule has 59 heavy (non-hydrogen) atoms. The van der Waals surface area contributed by atoms with Gasteiger partial charge in [-0.3, -0.25) is 0 Å². The van der Waals surface area contributed by atoms with Crippen molar-refractivity contribution in [3.8, 4) is 33.4 Å². The van der Waals surface area contributed by atoms with E-state index in [2.05, 4.69) is 211 Å². The number of nitrogens with zero attached hydrogens (tertiary/aromatic N) is 1. The van der Waals surface area contributed by atoms with Gasteiger partial charge in [0.25, 0.3) is 0 Å². The summed E-state index contributed by atoms with van der Waals surface area (Å²) in [7, 11) is 0. The Hall–Kier alpha value is -6.96. The maximum Gasteiger partial charge on any atom is 0.0540 e. The van der Waals surface area contributed by atoms with Crippen LogP contribution in [0.5, 0.6) is 0 Å². The van der Waals surface area contributed by atoms with Crippen molar-refractivity contribution in [3.05, 3.63) is 212 Å². The molecule has 0 saturated heterocycles. The van der Waals surface area contributed by atoms with Gasteiger partial charge in [-0.1, -0.05) is 189 Å². The first-order chi connectivity index (χ1) is 29.3. The third kappa shape index (κ3) is 6.44. The number of para-hydroxylation sites is 1. The number of hydrogen-bond donors (Lipinski definition) is 0. The van der Waals surface area contributed by atoms with Gasteiger partial charge in [0.2, 0.25) is 0 Å². The summed E-state index contributed by atoms with van der Waals surface area (Å²) in [4.78, 5) is 2.48. The molecule has 1 fully saturated rings. The fraction of sp³-hybridized carbons (Fsp3) is 0.103. The average Bonchev–Trinajstić information content (AvgIpc) is 3.31. The van der Waals surface area contributed by atoms with Gasteiger partial charge >= 0.3 is 0 Å². The molecule has 0 unspecified atom stereocenters. The van der Waals surface area contributed by atoms with E-state index in [1.54, 1.807) is 0 Å². The van der Waals surface area contributed by atoms with E-state index in [1.807, 2.05) is 0 Å². The van der Waals surface area contributed by atoms with E-state index < -0.39 is 0 Å². The van der Waals surface area contributed by atoms with E-state index in [0.717, 1.165) is 17.1 Å². The Balaban J connectivity index is 1.09. The predicted octanol–water partition coefficient (Wildman–Crippen LogP) is 16.8. The van der Waals surface area contributed by atoms with Gasteiger partial charge in [-0.05, 0) is 132 Å². The zero-order valence-corrected chi connectivity index (χ0v) is 33.2. The summed E-state index contributed by atoms with van der Waals surface area (Å²) in [5, 5.41) is 10.3. The van der Waals surface area contributed by atoms with Gasteiger partial charge in [0.05, 0.1) is 5.69 Å². The molecular formula is C58H45N. The molecule has 0 aromatic heterocycles. The largest absolute Gasteiger partial charge is 0.310 e. The van der Waals surface area contributed by atoms with Crippen LogP contribution in [0.25, 0.3) is 76.5 Å². The van der Waals surface area contributed by atoms with Crippen LogP contribution in [-0.2, 0) is 0 Å². The first-order valence-corrected chi connectivity index (χ1v) is 21.3. The van der Waals surface area contributed by atoms with Gasteiger partial charge in [0.15, 0.2) is 0 Å². The molecule has 1 aliphatic carbocycles. The summed E-state index contributed by atoms with van der Waals surface area (Å²) in [5.74, 6) is 0.592. The zero-order valence-electron chi connectivity index (χ0n) is 33.2. The van der Waals surface area contributed by atoms with E-state index in [0.29, 0.717) is 5.92 Å². The van der Waals surface area contributed by atoms with Crippen LogP contribution in [0.15, 0.2) is 206 Å². The van der Waals surface area contributed by atoms with Crippen LogP contribution in [-0.4, -0.2) is 0 Å². The summed E-state index contributed by atoms with van der Waals surface area (Å²) in [6.07, 6.45) is 6.50. The van der Waals surface area contributed by atoms with Crippen LogP contribution in [0.1, 0.15) is 43.6 Å². The molecule has 0 radical (unpaired) electrons. The van der Waals surface area contributed by atoms with Crippen molar-refractivity contribution in [1.29, 1.82) is 0 Å². The molecule has 11 rings (SSSR count). The first-order valence-electron chi connectivity index (χ1n) is 21.3. The number of fused-ring (bicyclic) bond motifs is 5. The molecule has 0 atom stereocenters. The Kier molecular flexibility index (Phi) is 9.01. The van der Waals surface area contributed by atoms with Crippen LogP contribution in [0, 0.1) is 0 Å². The molecule has 282 valence electrons. The van der Waals surface area contributed by atoms with Gasteiger partial charge in [0, 0.05) is 16.9 Å². The van der Waals surface area contributed by atoms with Gasteiger partial charge in [0.1, 0.15) is 0 Å². The van der Waals surface area contributed by atoms with Gasteiger partial charge < -0.3 is 4.90 Å². The second-order valence-corrected chi connectivity index (χ2v) is 16.3. The maximum atomic E-state index is 2.48. The molecule has 0 bridgehead atoms. The van der Waals surface area contributed by atoms with Gasteiger partial charge in [-0.25, -0.2) is 0 Å². The number of hydrogen-bond acceptors (Lipinski definition) is 1. The minimum absolute atomic E-state index is 0.592. The highest BCUT2D eigenvalue weighted by Gasteiger charge is 2.23. The summed E-state index contributed by atoms with van der Waals surface area (Å²) in [6.45, 7) is 0. The van der Waals surface area contributed by atoms with Crippen molar-refractivity contribution < 1.29 is 0 Å². The molecule has 10 aromatic rings. The van der Waals surface area contributed by atoms with Crippen molar-refractivity contribution >= 4 is 60.2 Å². The van der Waals surface area contributed by atoms with Crippen LogP contribution in [0.3, 0.4) is 0 Å². The molecule has 1 heteroatoms. The topological polar surface area (TPSA) is 3.24 Å². The Bertz CT molecular complexity index is 3140. The molecule has 1 aliphatic rings. The van der Waals surface area contributed by atoms with Crippen LogP contribution < -0.4 is 4.90 Å².